The topological polar surface area (TPSA) is 84.5 Å². The fourth-order valence-electron chi connectivity index (χ4n) is 1.10. The first-order valence-corrected chi connectivity index (χ1v) is 5.51. The fourth-order valence-corrected chi connectivity index (χ4v) is 1.10. The zero-order valence-corrected chi connectivity index (χ0v) is 10.5. The van der Waals surface area contributed by atoms with E-state index < -0.39 is 17.7 Å². The molecular weight excluding hydrogens is 224 g/mol. The first-order chi connectivity index (χ1) is 7.89. The van der Waals surface area contributed by atoms with Crippen LogP contribution in [0.1, 0.15) is 33.6 Å². The van der Waals surface area contributed by atoms with Crippen LogP contribution in [0.15, 0.2) is 0 Å². The van der Waals surface area contributed by atoms with Crippen LogP contribution in [0.5, 0.6) is 0 Å². The van der Waals surface area contributed by atoms with Crippen molar-refractivity contribution in [2.24, 2.45) is 0 Å². The molecule has 1 atom stereocenters. The molecule has 0 aromatic rings. The van der Waals surface area contributed by atoms with Gasteiger partial charge in [0.25, 0.3) is 0 Å². The van der Waals surface area contributed by atoms with Crippen LogP contribution in [-0.4, -0.2) is 37.0 Å². The number of rotatable bonds is 7. The number of amides is 2. The van der Waals surface area contributed by atoms with Gasteiger partial charge in [-0.15, -0.1) is 0 Å². The van der Waals surface area contributed by atoms with Gasteiger partial charge in [-0.3, -0.25) is 4.79 Å². The van der Waals surface area contributed by atoms with Crippen LogP contribution in [0, 0.1) is 0 Å². The molecule has 2 amide bonds. The quantitative estimate of drug-likeness (QED) is 0.507. The summed E-state index contributed by atoms with van der Waals surface area (Å²) in [5.74, 6) is 0. The first-order valence-electron chi connectivity index (χ1n) is 5.51. The number of hydrogen-bond acceptors (Lipinski definition) is 4. The van der Waals surface area contributed by atoms with Crippen molar-refractivity contribution in [1.82, 2.24) is 10.6 Å². The highest BCUT2D eigenvalue weighted by Crippen LogP contribution is 2.06. The molecule has 0 aliphatic carbocycles. The highest BCUT2D eigenvalue weighted by atomic mass is 16.6. The Morgan fingerprint density at radius 1 is 1.35 bits per heavy atom. The number of nitrogens with one attached hydrogen (secondary N) is 2. The molecule has 0 saturated carbocycles. The number of carbonyl (C=O) groups is 3. The van der Waals surface area contributed by atoms with E-state index in [1.165, 1.54) is 0 Å². The second-order valence-corrected chi connectivity index (χ2v) is 4.60. The third kappa shape index (κ3) is 9.35. The van der Waals surface area contributed by atoms with Gasteiger partial charge in [-0.25, -0.2) is 4.79 Å². The summed E-state index contributed by atoms with van der Waals surface area (Å²) in [5, 5.41) is 4.93. The molecule has 0 saturated heterocycles. The predicted octanol–water partition coefficient (Wildman–Crippen LogP) is 0.605. The van der Waals surface area contributed by atoms with Crippen molar-refractivity contribution in [3.63, 3.8) is 0 Å². The average Bonchev–Trinajstić information content (AvgIpc) is 2.20. The lowest BCUT2D eigenvalue weighted by Crippen LogP contribution is -2.34. The Labute approximate surface area is 101 Å². The van der Waals surface area contributed by atoms with E-state index in [9.17, 15) is 14.4 Å². The third-order valence-electron chi connectivity index (χ3n) is 1.81. The molecule has 0 bridgehead atoms. The summed E-state index contributed by atoms with van der Waals surface area (Å²) in [4.78, 5) is 31.8. The van der Waals surface area contributed by atoms with Crippen LogP contribution < -0.4 is 10.6 Å². The standard InChI is InChI=1S/C11H20N2O4/c1-11(2,3)17-10(16)12-6-4-5-9(7-14)13-8-15/h7-9H,4-6H2,1-3H3,(H,12,16)(H,13,15). The van der Waals surface area contributed by atoms with Gasteiger partial charge < -0.3 is 20.2 Å². The van der Waals surface area contributed by atoms with E-state index in [1.54, 1.807) is 20.8 Å². The normalized spacial score (nSPS) is 12.4. The maximum Gasteiger partial charge on any atom is 0.407 e. The van der Waals surface area contributed by atoms with Crippen molar-refractivity contribution in [2.75, 3.05) is 6.54 Å². The van der Waals surface area contributed by atoms with E-state index in [1.807, 2.05) is 0 Å². The van der Waals surface area contributed by atoms with E-state index >= 15 is 0 Å². The highest BCUT2D eigenvalue weighted by molar-refractivity contribution is 5.67. The first kappa shape index (κ1) is 15.4. The minimum Gasteiger partial charge on any atom is -0.444 e. The lowest BCUT2D eigenvalue weighted by Gasteiger charge is -2.19. The van der Waals surface area contributed by atoms with Crippen LogP contribution in [0.25, 0.3) is 0 Å². The molecule has 0 fully saturated rings. The smallest absolute Gasteiger partial charge is 0.407 e. The minimum absolute atomic E-state index is 0.403. The average molecular weight is 244 g/mol. The summed E-state index contributed by atoms with van der Waals surface area (Å²) in [5.41, 5.74) is -0.519. The van der Waals surface area contributed by atoms with Gasteiger partial charge in [0.15, 0.2) is 0 Å². The number of aldehydes is 1. The van der Waals surface area contributed by atoms with Crippen LogP contribution in [0.2, 0.25) is 0 Å². The number of alkyl carbamates (subject to hydrolysis) is 1. The summed E-state index contributed by atoms with van der Waals surface area (Å²) in [6, 6.07) is -0.493. The fraction of sp³-hybridized carbons (Fsp3) is 0.727. The Kier molecular flexibility index (Phi) is 6.93. The Morgan fingerprint density at radius 3 is 2.47 bits per heavy atom. The molecular formula is C11H20N2O4. The summed E-state index contributed by atoms with van der Waals surface area (Å²) >= 11 is 0. The second kappa shape index (κ2) is 7.65. The third-order valence-corrected chi connectivity index (χ3v) is 1.81. The van der Waals surface area contributed by atoms with Crippen LogP contribution >= 0.6 is 0 Å². The van der Waals surface area contributed by atoms with E-state index in [-0.39, 0.29) is 0 Å². The van der Waals surface area contributed by atoms with Crippen molar-refractivity contribution in [3.8, 4) is 0 Å². The van der Waals surface area contributed by atoms with Gasteiger partial charge in [-0.2, -0.15) is 0 Å². The summed E-state index contributed by atoms with van der Waals surface area (Å²) < 4.78 is 5.03. The molecule has 0 aromatic heterocycles. The Morgan fingerprint density at radius 2 is 2.00 bits per heavy atom. The number of ether oxygens (including phenoxy) is 1. The largest absolute Gasteiger partial charge is 0.444 e. The molecule has 1 unspecified atom stereocenters. The molecule has 0 heterocycles. The molecule has 0 spiro atoms. The zero-order valence-electron chi connectivity index (χ0n) is 10.5. The van der Waals surface area contributed by atoms with Gasteiger partial charge in [0, 0.05) is 6.54 Å². The maximum atomic E-state index is 11.2. The molecule has 0 aliphatic rings. The number of carbonyl (C=O) groups excluding carboxylic acids is 3. The highest BCUT2D eigenvalue weighted by Gasteiger charge is 2.15. The van der Waals surface area contributed by atoms with E-state index in [2.05, 4.69) is 10.6 Å². The lowest BCUT2D eigenvalue weighted by molar-refractivity contribution is -0.115. The maximum absolute atomic E-state index is 11.2. The molecule has 6 heteroatoms. The van der Waals surface area contributed by atoms with Gasteiger partial charge in [0.2, 0.25) is 6.41 Å². The molecule has 0 aliphatic heterocycles. The summed E-state index contributed by atoms with van der Waals surface area (Å²) in [6.45, 7) is 5.74. The monoisotopic (exact) mass is 244 g/mol. The molecule has 0 rings (SSSR count). The van der Waals surface area contributed by atoms with Crippen molar-refractivity contribution in [2.45, 2.75) is 45.3 Å². The molecule has 6 nitrogen and oxygen atoms in total. The van der Waals surface area contributed by atoms with Crippen molar-refractivity contribution < 1.29 is 19.1 Å². The van der Waals surface area contributed by atoms with Crippen LogP contribution in [0.3, 0.4) is 0 Å². The Bertz CT molecular complexity index is 261. The predicted molar refractivity (Wildman–Crippen MR) is 62.5 cm³/mol. The van der Waals surface area contributed by atoms with E-state index in [0.717, 1.165) is 0 Å². The second-order valence-electron chi connectivity index (χ2n) is 4.60. The number of hydrogen-bond donors (Lipinski definition) is 2. The van der Waals surface area contributed by atoms with Crippen LogP contribution in [-0.2, 0) is 14.3 Å². The van der Waals surface area contributed by atoms with E-state index in [4.69, 9.17) is 4.74 Å². The van der Waals surface area contributed by atoms with Gasteiger partial charge in [-0.05, 0) is 33.6 Å². The SMILES string of the molecule is CC(C)(C)OC(=O)NCCCC(C=O)NC=O. The van der Waals surface area contributed by atoms with Gasteiger partial charge >= 0.3 is 6.09 Å². The Balaban J connectivity index is 3.66. The van der Waals surface area contributed by atoms with Crippen molar-refractivity contribution in [3.05, 3.63) is 0 Å². The molecule has 2 N–H and O–H groups in total. The van der Waals surface area contributed by atoms with Crippen LogP contribution in [0.4, 0.5) is 4.79 Å². The molecule has 17 heavy (non-hydrogen) atoms. The van der Waals surface area contributed by atoms with E-state index in [0.29, 0.717) is 32.1 Å². The van der Waals surface area contributed by atoms with Gasteiger partial charge in [0.1, 0.15) is 11.9 Å². The molecule has 98 valence electrons. The summed E-state index contributed by atoms with van der Waals surface area (Å²) in [7, 11) is 0. The summed E-state index contributed by atoms with van der Waals surface area (Å²) in [6.07, 6.45) is 1.74. The minimum atomic E-state index is -0.519. The molecule has 0 aromatic carbocycles. The van der Waals surface area contributed by atoms with Crippen molar-refractivity contribution in [1.29, 1.82) is 0 Å². The Hall–Kier alpha value is -1.59. The zero-order chi connectivity index (χ0) is 13.3. The van der Waals surface area contributed by atoms with Gasteiger partial charge in [0.05, 0.1) is 6.04 Å². The molecule has 0 radical (unpaired) electrons. The lowest BCUT2D eigenvalue weighted by atomic mass is 10.2. The van der Waals surface area contributed by atoms with Crippen molar-refractivity contribution >= 4 is 18.8 Å². The van der Waals surface area contributed by atoms with Gasteiger partial charge in [-0.1, -0.05) is 0 Å².